The van der Waals surface area contributed by atoms with Gasteiger partial charge in [0.05, 0.1) is 25.9 Å². The van der Waals surface area contributed by atoms with Gasteiger partial charge in [0.15, 0.2) is 0 Å². The third-order valence-corrected chi connectivity index (χ3v) is 2.01. The van der Waals surface area contributed by atoms with Crippen LogP contribution in [0.5, 0.6) is 0 Å². The molecule has 0 aromatic carbocycles. The predicted octanol–water partition coefficient (Wildman–Crippen LogP) is -2.08. The van der Waals surface area contributed by atoms with E-state index in [4.69, 9.17) is 29.8 Å². The molecule has 0 aliphatic rings. The Balaban J connectivity index is -0.000000392. The van der Waals surface area contributed by atoms with E-state index in [-0.39, 0.29) is 42.8 Å². The minimum absolute atomic E-state index is 0. The van der Waals surface area contributed by atoms with E-state index in [2.05, 4.69) is 9.05 Å². The molecule has 0 spiro atoms. The maximum atomic E-state index is 10.2. The van der Waals surface area contributed by atoms with Crippen LogP contribution in [0.2, 0.25) is 0 Å². The Morgan fingerprint density at radius 1 is 1.00 bits per heavy atom. The van der Waals surface area contributed by atoms with Crippen molar-refractivity contribution in [1.29, 1.82) is 0 Å². The third-order valence-electron chi connectivity index (χ3n) is 0.895. The summed E-state index contributed by atoms with van der Waals surface area (Å²) in [6.07, 6.45) is -1.10. The second kappa shape index (κ2) is 11.9. The summed E-state index contributed by atoms with van der Waals surface area (Å²) in [6, 6.07) is 0. The Bertz CT molecular complexity index is 271. The molecule has 1 atom stereocenters. The van der Waals surface area contributed by atoms with Crippen molar-refractivity contribution in [2.24, 2.45) is 0 Å². The Kier molecular flexibility index (Phi) is 16.0. The molecule has 0 rings (SSSR count). The van der Waals surface area contributed by atoms with Gasteiger partial charge in [-0.2, -0.15) is 0 Å². The van der Waals surface area contributed by atoms with E-state index < -0.39 is 28.4 Å². The van der Waals surface area contributed by atoms with Crippen LogP contribution in [0.4, 0.5) is 0 Å². The predicted molar refractivity (Wildman–Crippen MR) is 61.9 cm³/mol. The fourth-order valence-corrected chi connectivity index (χ4v) is 1.40. The first-order chi connectivity index (χ1) is 7.52. The quantitative estimate of drug-likeness (QED) is 0.235. The number of hydrogen-bond acceptors (Lipinski definition) is 6. The zero-order valence-corrected chi connectivity index (χ0v) is 10.7. The van der Waals surface area contributed by atoms with Crippen LogP contribution < -0.4 is 0 Å². The molecule has 0 aromatic heterocycles. The molecule has 0 heterocycles. The van der Waals surface area contributed by atoms with Gasteiger partial charge in [0.25, 0.3) is 0 Å². The molecule has 0 fully saturated rings. The first-order valence-corrected chi connectivity index (χ1v) is 7.23. The molecule has 18 heavy (non-hydrogen) atoms. The van der Waals surface area contributed by atoms with Gasteiger partial charge in [-0.05, 0) is 6.92 Å². The van der Waals surface area contributed by atoms with E-state index in [0.717, 1.165) is 0 Å². The molecule has 0 aromatic rings. The first kappa shape index (κ1) is 24.2. The van der Waals surface area contributed by atoms with Gasteiger partial charge in [-0.25, -0.2) is 9.13 Å². The molecule has 13 heteroatoms. The van der Waals surface area contributed by atoms with E-state index in [1.807, 2.05) is 0 Å². The SMILES string of the molecule is CC(COP(=O)(O)O)OP(=O)(O)O.OCCO.[NaH]. The van der Waals surface area contributed by atoms with Gasteiger partial charge in [0.1, 0.15) is 0 Å². The Hall–Kier alpha value is 1.14. The van der Waals surface area contributed by atoms with Crippen molar-refractivity contribution in [3.8, 4) is 0 Å². The van der Waals surface area contributed by atoms with Crippen molar-refractivity contribution in [3.05, 3.63) is 0 Å². The Morgan fingerprint density at radius 2 is 1.39 bits per heavy atom. The van der Waals surface area contributed by atoms with Gasteiger partial charge in [-0.3, -0.25) is 9.05 Å². The second-order valence-electron chi connectivity index (χ2n) is 2.64. The topological polar surface area (TPSA) is 174 Å². The van der Waals surface area contributed by atoms with Gasteiger partial charge >= 0.3 is 45.2 Å². The minimum atomic E-state index is -4.64. The van der Waals surface area contributed by atoms with Gasteiger partial charge in [-0.15, -0.1) is 0 Å². The molecular weight excluding hydrogens is 305 g/mol. The molecule has 0 saturated heterocycles. The van der Waals surface area contributed by atoms with Crippen molar-refractivity contribution in [1.82, 2.24) is 0 Å². The molecule has 6 N–H and O–H groups in total. The van der Waals surface area contributed by atoms with Gasteiger partial charge in [0.2, 0.25) is 0 Å². The normalized spacial score (nSPS) is 13.1. The summed E-state index contributed by atoms with van der Waals surface area (Å²) < 4.78 is 28.3. The molecule has 0 aliphatic carbocycles. The van der Waals surface area contributed by atoms with Gasteiger partial charge < -0.3 is 29.8 Å². The summed E-state index contributed by atoms with van der Waals surface area (Å²) in [4.78, 5) is 32.9. The molecule has 0 bridgehead atoms. The molecule has 108 valence electrons. The van der Waals surface area contributed by atoms with Crippen LogP contribution in [0.15, 0.2) is 0 Å². The van der Waals surface area contributed by atoms with E-state index in [1.165, 1.54) is 6.92 Å². The van der Waals surface area contributed by atoms with E-state index in [9.17, 15) is 9.13 Å². The van der Waals surface area contributed by atoms with Crippen LogP contribution in [0.1, 0.15) is 6.92 Å². The molecular formula is C5H17NaO10P2. The van der Waals surface area contributed by atoms with E-state index in [1.54, 1.807) is 0 Å². The van der Waals surface area contributed by atoms with Crippen LogP contribution in [0.25, 0.3) is 0 Å². The number of rotatable bonds is 6. The van der Waals surface area contributed by atoms with Gasteiger partial charge in [0, 0.05) is 0 Å². The average Bonchev–Trinajstić information content (AvgIpc) is 2.11. The van der Waals surface area contributed by atoms with Crippen molar-refractivity contribution in [3.63, 3.8) is 0 Å². The Labute approximate surface area is 126 Å². The van der Waals surface area contributed by atoms with Crippen LogP contribution in [-0.4, -0.2) is 85.3 Å². The first-order valence-electron chi connectivity index (χ1n) is 4.17. The van der Waals surface area contributed by atoms with Crippen molar-refractivity contribution in [2.45, 2.75) is 13.0 Å². The third kappa shape index (κ3) is 25.9. The van der Waals surface area contributed by atoms with Crippen molar-refractivity contribution < 1.29 is 48.0 Å². The fourth-order valence-electron chi connectivity index (χ4n) is 0.467. The van der Waals surface area contributed by atoms with E-state index in [0.29, 0.717) is 0 Å². The molecule has 0 saturated carbocycles. The maximum absolute atomic E-state index is 10.2. The van der Waals surface area contributed by atoms with Crippen LogP contribution in [-0.2, 0) is 18.2 Å². The number of aliphatic hydroxyl groups is 2. The number of hydrogen-bond donors (Lipinski definition) is 6. The number of phosphoric ester groups is 2. The zero-order valence-electron chi connectivity index (χ0n) is 8.91. The summed E-state index contributed by atoms with van der Waals surface area (Å²) in [6.45, 7) is 0.351. The zero-order chi connectivity index (χ0) is 14.1. The van der Waals surface area contributed by atoms with Crippen molar-refractivity contribution >= 4 is 45.2 Å². The van der Waals surface area contributed by atoms with E-state index >= 15 is 0 Å². The Morgan fingerprint density at radius 3 is 1.61 bits per heavy atom. The summed E-state index contributed by atoms with van der Waals surface area (Å²) in [5.74, 6) is 0. The van der Waals surface area contributed by atoms with Crippen LogP contribution in [0.3, 0.4) is 0 Å². The second-order valence-corrected chi connectivity index (χ2v) is 5.07. The number of phosphoric acid groups is 2. The molecule has 1 unspecified atom stereocenters. The average molecular weight is 322 g/mol. The standard InChI is InChI=1S/C3H10O8P2.C2H6O2.Na.H/c1-3(11-13(7,8)9)2-10-12(4,5)6;3-1-2-4;;/h3H,2H2,1H3,(H2,4,5,6)(H2,7,8,9);3-4H,1-2H2;;. The summed E-state index contributed by atoms with van der Waals surface area (Å²) in [7, 11) is -9.25. The van der Waals surface area contributed by atoms with Crippen molar-refractivity contribution in [2.75, 3.05) is 19.8 Å². The molecule has 0 aliphatic heterocycles. The molecule has 10 nitrogen and oxygen atoms in total. The fraction of sp³-hybridized carbons (Fsp3) is 1.00. The van der Waals surface area contributed by atoms with Gasteiger partial charge in [-0.1, -0.05) is 0 Å². The van der Waals surface area contributed by atoms with Crippen LogP contribution in [0, 0.1) is 0 Å². The molecule has 0 radical (unpaired) electrons. The summed E-state index contributed by atoms with van der Waals surface area (Å²) >= 11 is 0. The molecule has 0 amide bonds. The number of aliphatic hydroxyl groups excluding tert-OH is 2. The summed E-state index contributed by atoms with van der Waals surface area (Å²) in [5, 5.41) is 15.2. The monoisotopic (exact) mass is 322 g/mol. The summed E-state index contributed by atoms with van der Waals surface area (Å²) in [5.41, 5.74) is 0. The van der Waals surface area contributed by atoms with Crippen LogP contribution >= 0.6 is 15.6 Å².